The van der Waals surface area contributed by atoms with Gasteiger partial charge in [0.25, 0.3) is 0 Å². The van der Waals surface area contributed by atoms with Crippen LogP contribution in [0.15, 0.2) is 17.5 Å². The largest absolute Gasteiger partial charge is 0.379 e. The van der Waals surface area contributed by atoms with Crippen molar-refractivity contribution in [3.8, 4) is 0 Å². The number of ether oxygens (including phenoxy) is 1. The molecular weight excluding hydrogens is 345 g/mol. The quantitative estimate of drug-likeness (QED) is 0.767. The molecule has 1 saturated heterocycles. The molecule has 1 amide bonds. The Bertz CT molecular complexity index is 401. The minimum Gasteiger partial charge on any atom is -0.379 e. The fourth-order valence-corrected chi connectivity index (χ4v) is 3.18. The lowest BCUT2D eigenvalue weighted by atomic mass is 10.2. The van der Waals surface area contributed by atoms with Gasteiger partial charge in [-0.3, -0.25) is 9.69 Å². The molecule has 0 spiro atoms. The van der Waals surface area contributed by atoms with Crippen LogP contribution in [0.1, 0.15) is 17.3 Å². The third kappa shape index (κ3) is 6.81. The van der Waals surface area contributed by atoms with E-state index in [1.54, 1.807) is 11.3 Å². The van der Waals surface area contributed by atoms with Crippen molar-refractivity contribution in [2.24, 2.45) is 0 Å². The smallest absolute Gasteiger partial charge is 0.221 e. The van der Waals surface area contributed by atoms with E-state index >= 15 is 0 Å². The van der Waals surface area contributed by atoms with Crippen LogP contribution in [0.5, 0.6) is 0 Å². The molecule has 1 aliphatic heterocycles. The van der Waals surface area contributed by atoms with Crippen LogP contribution in [-0.2, 0) is 9.53 Å². The first-order chi connectivity index (χ1) is 9.81. The monoisotopic (exact) mass is 369 g/mol. The van der Waals surface area contributed by atoms with E-state index in [1.807, 2.05) is 7.05 Å². The first-order valence-electron chi connectivity index (χ1n) is 7.07. The summed E-state index contributed by atoms with van der Waals surface area (Å²) in [4.78, 5) is 15.5. The lowest BCUT2D eigenvalue weighted by Gasteiger charge is -2.34. The van der Waals surface area contributed by atoms with Crippen LogP contribution >= 0.6 is 36.2 Å². The molecule has 1 aliphatic rings. The number of thiophene rings is 1. The zero-order chi connectivity index (χ0) is 14.2. The Hall–Kier alpha value is -0.370. The SMILES string of the molecule is CNCCC(=O)NCC(c1cccs1)N1CCOCC1.Cl.Cl. The summed E-state index contributed by atoms with van der Waals surface area (Å²) < 4.78 is 5.41. The molecule has 1 aromatic rings. The van der Waals surface area contributed by atoms with Crippen molar-refractivity contribution in [1.82, 2.24) is 15.5 Å². The van der Waals surface area contributed by atoms with Crippen molar-refractivity contribution in [2.45, 2.75) is 12.5 Å². The Morgan fingerprint density at radius 1 is 1.41 bits per heavy atom. The summed E-state index contributed by atoms with van der Waals surface area (Å²) in [6.07, 6.45) is 0.525. The number of morpholine rings is 1. The van der Waals surface area contributed by atoms with Gasteiger partial charge in [0.2, 0.25) is 5.91 Å². The van der Waals surface area contributed by atoms with Crippen molar-refractivity contribution in [3.05, 3.63) is 22.4 Å². The highest BCUT2D eigenvalue weighted by Crippen LogP contribution is 2.25. The maximum atomic E-state index is 11.8. The molecule has 0 radical (unpaired) electrons. The van der Waals surface area contributed by atoms with E-state index in [2.05, 4.69) is 33.0 Å². The summed E-state index contributed by atoms with van der Waals surface area (Å²) in [7, 11) is 1.86. The molecular formula is C14H25Cl2N3O2S. The molecule has 0 saturated carbocycles. The van der Waals surface area contributed by atoms with Crippen LogP contribution in [-0.4, -0.2) is 57.2 Å². The van der Waals surface area contributed by atoms with Gasteiger partial charge in [0.1, 0.15) is 0 Å². The van der Waals surface area contributed by atoms with Crippen LogP contribution in [0.4, 0.5) is 0 Å². The summed E-state index contributed by atoms with van der Waals surface area (Å²) in [5.41, 5.74) is 0. The molecule has 1 atom stereocenters. The van der Waals surface area contributed by atoms with Gasteiger partial charge in [-0.1, -0.05) is 6.07 Å². The molecule has 22 heavy (non-hydrogen) atoms. The van der Waals surface area contributed by atoms with E-state index < -0.39 is 0 Å². The van der Waals surface area contributed by atoms with Gasteiger partial charge in [0.15, 0.2) is 0 Å². The molecule has 2 rings (SSSR count). The second-order valence-corrected chi connectivity index (χ2v) is 5.82. The van der Waals surface area contributed by atoms with E-state index in [-0.39, 0.29) is 36.8 Å². The average Bonchev–Trinajstić information content (AvgIpc) is 3.00. The van der Waals surface area contributed by atoms with Crippen LogP contribution < -0.4 is 10.6 Å². The topological polar surface area (TPSA) is 53.6 Å². The lowest BCUT2D eigenvalue weighted by Crippen LogP contribution is -2.43. The first-order valence-corrected chi connectivity index (χ1v) is 7.95. The number of rotatable bonds is 7. The highest BCUT2D eigenvalue weighted by molar-refractivity contribution is 7.10. The molecule has 128 valence electrons. The van der Waals surface area contributed by atoms with Crippen molar-refractivity contribution < 1.29 is 9.53 Å². The van der Waals surface area contributed by atoms with E-state index in [9.17, 15) is 4.79 Å². The van der Waals surface area contributed by atoms with Crippen molar-refractivity contribution >= 4 is 42.1 Å². The van der Waals surface area contributed by atoms with Gasteiger partial charge >= 0.3 is 0 Å². The number of hydrogen-bond acceptors (Lipinski definition) is 5. The maximum absolute atomic E-state index is 11.8. The average molecular weight is 370 g/mol. The van der Waals surface area contributed by atoms with Crippen LogP contribution in [0, 0.1) is 0 Å². The third-order valence-electron chi connectivity index (χ3n) is 3.45. The number of nitrogens with zero attached hydrogens (tertiary/aromatic N) is 1. The molecule has 2 N–H and O–H groups in total. The Kier molecular flexibility index (Phi) is 11.9. The summed E-state index contributed by atoms with van der Waals surface area (Å²) in [6.45, 7) is 4.78. The lowest BCUT2D eigenvalue weighted by molar-refractivity contribution is -0.121. The van der Waals surface area contributed by atoms with Gasteiger partial charge in [-0.15, -0.1) is 36.2 Å². The predicted molar refractivity (Wildman–Crippen MR) is 95.5 cm³/mol. The minimum atomic E-state index is 0. The zero-order valence-corrected chi connectivity index (χ0v) is 15.2. The number of hydrogen-bond donors (Lipinski definition) is 2. The van der Waals surface area contributed by atoms with E-state index in [4.69, 9.17) is 4.74 Å². The molecule has 8 heteroatoms. The highest BCUT2D eigenvalue weighted by Gasteiger charge is 2.23. The van der Waals surface area contributed by atoms with Gasteiger partial charge in [0, 0.05) is 37.5 Å². The predicted octanol–water partition coefficient (Wildman–Crippen LogP) is 1.69. The molecule has 0 aliphatic carbocycles. The maximum Gasteiger partial charge on any atom is 0.221 e. The van der Waals surface area contributed by atoms with Crippen molar-refractivity contribution in [3.63, 3.8) is 0 Å². The second-order valence-electron chi connectivity index (χ2n) is 4.84. The molecule has 1 unspecified atom stereocenters. The van der Waals surface area contributed by atoms with Gasteiger partial charge in [-0.25, -0.2) is 0 Å². The molecule has 1 aromatic heterocycles. The third-order valence-corrected chi connectivity index (χ3v) is 4.43. The van der Waals surface area contributed by atoms with Gasteiger partial charge in [0.05, 0.1) is 19.3 Å². The molecule has 0 bridgehead atoms. The first kappa shape index (κ1) is 21.6. The van der Waals surface area contributed by atoms with Gasteiger partial charge < -0.3 is 15.4 Å². The van der Waals surface area contributed by atoms with E-state index in [0.29, 0.717) is 19.5 Å². The Morgan fingerprint density at radius 3 is 2.73 bits per heavy atom. The van der Waals surface area contributed by atoms with Gasteiger partial charge in [-0.2, -0.15) is 0 Å². The van der Waals surface area contributed by atoms with Crippen LogP contribution in [0.3, 0.4) is 0 Å². The Labute approximate surface area is 148 Å². The number of carbonyl (C=O) groups excluding carboxylic acids is 1. The summed E-state index contributed by atoms with van der Waals surface area (Å²) in [6, 6.07) is 4.47. The van der Waals surface area contributed by atoms with Crippen LogP contribution in [0.2, 0.25) is 0 Å². The molecule has 1 fully saturated rings. The fraction of sp³-hybridized carbons (Fsp3) is 0.643. The molecule has 0 aromatic carbocycles. The highest BCUT2D eigenvalue weighted by atomic mass is 35.5. The summed E-state index contributed by atoms with van der Waals surface area (Å²) in [5.74, 6) is 0.106. The second kappa shape index (κ2) is 12.1. The molecule has 2 heterocycles. The minimum absolute atomic E-state index is 0. The zero-order valence-electron chi connectivity index (χ0n) is 12.7. The fourth-order valence-electron chi connectivity index (χ4n) is 2.32. The Balaban J connectivity index is 0.00000220. The number of carbonyl (C=O) groups is 1. The van der Waals surface area contributed by atoms with E-state index in [0.717, 1.165) is 26.3 Å². The van der Waals surface area contributed by atoms with Gasteiger partial charge in [-0.05, 0) is 18.5 Å². The Morgan fingerprint density at radius 2 is 2.14 bits per heavy atom. The number of amides is 1. The summed E-state index contributed by atoms with van der Waals surface area (Å²) in [5, 5.41) is 8.13. The normalized spacial score (nSPS) is 16.2. The molecule has 5 nitrogen and oxygen atoms in total. The summed E-state index contributed by atoms with van der Waals surface area (Å²) >= 11 is 1.75. The van der Waals surface area contributed by atoms with Crippen LogP contribution in [0.25, 0.3) is 0 Å². The van der Waals surface area contributed by atoms with Crippen molar-refractivity contribution in [1.29, 1.82) is 0 Å². The number of halogens is 2. The van der Waals surface area contributed by atoms with Crippen molar-refractivity contribution in [2.75, 3.05) is 46.4 Å². The standard InChI is InChI=1S/C14H23N3O2S.2ClH/c1-15-5-4-14(18)16-11-12(13-3-2-10-20-13)17-6-8-19-9-7-17;;/h2-3,10,12,15H,4-9,11H2,1H3,(H,16,18);2*1H. The number of nitrogens with one attached hydrogen (secondary N) is 2. The van der Waals surface area contributed by atoms with E-state index in [1.165, 1.54) is 4.88 Å².